The monoisotopic (exact) mass is 284 g/mol. The number of hydrogen-bond acceptors (Lipinski definition) is 6. The third-order valence-electron chi connectivity index (χ3n) is 3.06. The summed E-state index contributed by atoms with van der Waals surface area (Å²) in [5.41, 5.74) is 1.59. The van der Waals surface area contributed by atoms with E-state index >= 15 is 0 Å². The molecular formula is C14H12N4O3. The van der Waals surface area contributed by atoms with E-state index in [0.717, 1.165) is 5.69 Å². The van der Waals surface area contributed by atoms with Gasteiger partial charge in [0.1, 0.15) is 6.54 Å². The Bertz CT molecular complexity index is 717. The lowest BCUT2D eigenvalue weighted by molar-refractivity contribution is -0.115. The summed E-state index contributed by atoms with van der Waals surface area (Å²) in [6.45, 7) is 0.107. The molecule has 3 rings (SSSR count). The molecule has 0 saturated heterocycles. The second-order valence-electron chi connectivity index (χ2n) is 4.41. The Kier molecular flexibility index (Phi) is 3.23. The molecule has 1 aromatic heterocycles. The van der Waals surface area contributed by atoms with Gasteiger partial charge in [0.2, 0.25) is 5.91 Å². The van der Waals surface area contributed by atoms with Crippen molar-refractivity contribution in [1.29, 1.82) is 0 Å². The van der Waals surface area contributed by atoms with Crippen LogP contribution in [0.25, 0.3) is 0 Å². The molecule has 21 heavy (non-hydrogen) atoms. The van der Waals surface area contributed by atoms with Gasteiger partial charge in [0.05, 0.1) is 30.9 Å². The van der Waals surface area contributed by atoms with Crippen molar-refractivity contribution >= 4 is 29.1 Å². The van der Waals surface area contributed by atoms with Gasteiger partial charge in [-0.05, 0) is 12.1 Å². The van der Waals surface area contributed by atoms with Crippen LogP contribution in [0, 0.1) is 0 Å². The van der Waals surface area contributed by atoms with Gasteiger partial charge in [-0.25, -0.2) is 9.78 Å². The summed E-state index contributed by atoms with van der Waals surface area (Å²) in [4.78, 5) is 33.2. The van der Waals surface area contributed by atoms with Crippen LogP contribution < -0.4 is 10.2 Å². The zero-order valence-corrected chi connectivity index (χ0v) is 11.2. The van der Waals surface area contributed by atoms with E-state index in [2.05, 4.69) is 20.0 Å². The van der Waals surface area contributed by atoms with Crippen LogP contribution >= 0.6 is 0 Å². The van der Waals surface area contributed by atoms with Crippen molar-refractivity contribution in [2.45, 2.75) is 0 Å². The van der Waals surface area contributed by atoms with Crippen molar-refractivity contribution in [3.63, 3.8) is 0 Å². The van der Waals surface area contributed by atoms with Gasteiger partial charge in [-0.2, -0.15) is 0 Å². The molecule has 2 aromatic rings. The lowest BCUT2D eigenvalue weighted by Crippen LogP contribution is -2.35. The zero-order chi connectivity index (χ0) is 14.8. The summed E-state index contributed by atoms with van der Waals surface area (Å²) in [5, 5.41) is 2.79. The van der Waals surface area contributed by atoms with Crippen molar-refractivity contribution in [2.75, 3.05) is 23.9 Å². The van der Waals surface area contributed by atoms with E-state index in [9.17, 15) is 9.59 Å². The number of hydrogen-bond donors (Lipinski definition) is 1. The summed E-state index contributed by atoms with van der Waals surface area (Å²) < 4.78 is 4.63. The average molecular weight is 284 g/mol. The maximum atomic E-state index is 11.8. The fourth-order valence-electron chi connectivity index (χ4n) is 2.13. The van der Waals surface area contributed by atoms with Crippen molar-refractivity contribution in [1.82, 2.24) is 9.97 Å². The van der Waals surface area contributed by atoms with E-state index in [4.69, 9.17) is 0 Å². The van der Waals surface area contributed by atoms with Gasteiger partial charge in [0.15, 0.2) is 11.5 Å². The van der Waals surface area contributed by atoms with Gasteiger partial charge in [-0.15, -0.1) is 0 Å². The molecule has 0 bridgehead atoms. The molecule has 0 saturated carbocycles. The van der Waals surface area contributed by atoms with Crippen molar-refractivity contribution < 1.29 is 14.3 Å². The maximum absolute atomic E-state index is 11.8. The van der Waals surface area contributed by atoms with E-state index in [1.807, 2.05) is 18.2 Å². The molecule has 0 atom stereocenters. The van der Waals surface area contributed by atoms with Crippen LogP contribution in [0.3, 0.4) is 0 Å². The minimum absolute atomic E-state index is 0.0958. The number of rotatable bonds is 2. The fraction of sp³-hybridized carbons (Fsp3) is 0.143. The first-order valence-corrected chi connectivity index (χ1v) is 6.26. The molecule has 0 radical (unpaired) electrons. The highest BCUT2D eigenvalue weighted by atomic mass is 16.5. The maximum Gasteiger partial charge on any atom is 0.358 e. The second-order valence-corrected chi connectivity index (χ2v) is 4.41. The number of amides is 1. The number of para-hydroxylation sites is 2. The average Bonchev–Trinajstić information content (AvgIpc) is 2.53. The molecule has 1 aliphatic rings. The molecule has 0 spiro atoms. The topological polar surface area (TPSA) is 84.4 Å². The summed E-state index contributed by atoms with van der Waals surface area (Å²) in [6, 6.07) is 7.36. The molecule has 0 aliphatic carbocycles. The van der Waals surface area contributed by atoms with Gasteiger partial charge in [0, 0.05) is 0 Å². The zero-order valence-electron chi connectivity index (χ0n) is 11.2. The lowest BCUT2D eigenvalue weighted by atomic mass is 10.2. The molecular weight excluding hydrogens is 272 g/mol. The van der Waals surface area contributed by atoms with E-state index in [1.54, 1.807) is 11.0 Å². The SMILES string of the molecule is COC(=O)c1cncc(N2CC(=O)Nc3ccccc32)n1. The minimum Gasteiger partial charge on any atom is -0.464 e. The number of esters is 1. The molecule has 7 heteroatoms. The first-order chi connectivity index (χ1) is 10.2. The lowest BCUT2D eigenvalue weighted by Gasteiger charge is -2.29. The normalized spacial score (nSPS) is 13.4. The van der Waals surface area contributed by atoms with Crippen molar-refractivity contribution in [3.8, 4) is 0 Å². The Morgan fingerprint density at radius 1 is 1.33 bits per heavy atom. The highest BCUT2D eigenvalue weighted by molar-refractivity contribution is 6.02. The van der Waals surface area contributed by atoms with Crippen molar-refractivity contribution in [3.05, 3.63) is 42.4 Å². The largest absolute Gasteiger partial charge is 0.464 e. The van der Waals surface area contributed by atoms with Gasteiger partial charge in [-0.3, -0.25) is 9.78 Å². The Morgan fingerprint density at radius 2 is 2.14 bits per heavy atom. The highest BCUT2D eigenvalue weighted by Crippen LogP contribution is 2.33. The number of benzene rings is 1. The standard InChI is InChI=1S/C14H12N4O3/c1-21-14(20)10-6-15-7-12(16-10)18-8-13(19)17-9-4-2-3-5-11(9)18/h2-7H,8H2,1H3,(H,17,19). The Balaban J connectivity index is 2.04. The quantitative estimate of drug-likeness (QED) is 0.838. The number of carbonyl (C=O) groups is 2. The van der Waals surface area contributed by atoms with Crippen LogP contribution in [0.1, 0.15) is 10.5 Å². The van der Waals surface area contributed by atoms with Gasteiger partial charge < -0.3 is 15.0 Å². The minimum atomic E-state index is -0.570. The summed E-state index contributed by atoms with van der Waals surface area (Å²) >= 11 is 0. The first kappa shape index (κ1) is 13.0. The molecule has 1 aliphatic heterocycles. The smallest absolute Gasteiger partial charge is 0.358 e. The van der Waals surface area contributed by atoms with Crippen LogP contribution in [0.5, 0.6) is 0 Å². The molecule has 106 valence electrons. The van der Waals surface area contributed by atoms with E-state index < -0.39 is 5.97 Å². The fourth-order valence-corrected chi connectivity index (χ4v) is 2.13. The number of aromatic nitrogens is 2. The van der Waals surface area contributed by atoms with Gasteiger partial charge >= 0.3 is 5.97 Å². The molecule has 1 N–H and O–H groups in total. The van der Waals surface area contributed by atoms with Crippen LogP contribution in [0.15, 0.2) is 36.7 Å². The number of fused-ring (bicyclic) bond motifs is 1. The third kappa shape index (κ3) is 2.40. The predicted octanol–water partition coefficient (Wildman–Crippen LogP) is 1.35. The second kappa shape index (κ2) is 5.20. The third-order valence-corrected chi connectivity index (χ3v) is 3.06. The number of nitrogens with one attached hydrogen (secondary N) is 1. The summed E-state index contributed by atoms with van der Waals surface area (Å²) in [7, 11) is 1.28. The van der Waals surface area contributed by atoms with Crippen LogP contribution in [-0.2, 0) is 9.53 Å². The summed E-state index contributed by atoms with van der Waals surface area (Å²) in [6.07, 6.45) is 2.83. The number of anilines is 3. The molecule has 7 nitrogen and oxygen atoms in total. The molecule has 1 amide bonds. The molecule has 0 unspecified atom stereocenters. The molecule has 1 aromatic carbocycles. The number of ether oxygens (including phenoxy) is 1. The number of nitrogens with zero attached hydrogens (tertiary/aromatic N) is 3. The van der Waals surface area contributed by atoms with Crippen LogP contribution in [0.4, 0.5) is 17.2 Å². The summed E-state index contributed by atoms with van der Waals surface area (Å²) in [5.74, 6) is -0.307. The van der Waals surface area contributed by atoms with Gasteiger partial charge in [-0.1, -0.05) is 12.1 Å². The first-order valence-electron chi connectivity index (χ1n) is 6.26. The number of methoxy groups -OCH3 is 1. The molecule has 0 fully saturated rings. The van der Waals surface area contributed by atoms with Crippen LogP contribution in [-0.4, -0.2) is 35.5 Å². The highest BCUT2D eigenvalue weighted by Gasteiger charge is 2.24. The Hall–Kier alpha value is -2.96. The predicted molar refractivity (Wildman–Crippen MR) is 75.4 cm³/mol. The van der Waals surface area contributed by atoms with E-state index in [1.165, 1.54) is 19.5 Å². The Morgan fingerprint density at radius 3 is 2.95 bits per heavy atom. The van der Waals surface area contributed by atoms with Gasteiger partial charge in [0.25, 0.3) is 0 Å². The Labute approximate surface area is 120 Å². The van der Waals surface area contributed by atoms with Crippen LogP contribution in [0.2, 0.25) is 0 Å². The number of carbonyl (C=O) groups excluding carboxylic acids is 2. The molecule has 2 heterocycles. The van der Waals surface area contributed by atoms with E-state index in [0.29, 0.717) is 11.5 Å². The van der Waals surface area contributed by atoms with Crippen molar-refractivity contribution in [2.24, 2.45) is 0 Å². The van der Waals surface area contributed by atoms with E-state index in [-0.39, 0.29) is 18.1 Å².